The Morgan fingerprint density at radius 2 is 1.87 bits per heavy atom. The van der Waals surface area contributed by atoms with Gasteiger partial charge in [0.1, 0.15) is 17.2 Å². The van der Waals surface area contributed by atoms with Gasteiger partial charge < -0.3 is 4.74 Å². The number of halogens is 2. The highest BCUT2D eigenvalue weighted by Crippen LogP contribution is 2.33. The Bertz CT molecular complexity index is 1240. The van der Waals surface area contributed by atoms with Gasteiger partial charge in [-0.3, -0.25) is 0 Å². The molecule has 154 valence electrons. The monoisotopic (exact) mass is 426 g/mol. The highest BCUT2D eigenvalue weighted by molar-refractivity contribution is 7.19. The minimum atomic E-state index is -0.582. The van der Waals surface area contributed by atoms with Crippen molar-refractivity contribution in [3.63, 3.8) is 0 Å². The largest absolute Gasteiger partial charge is 0.462 e. The van der Waals surface area contributed by atoms with Crippen LogP contribution in [-0.2, 0) is 11.2 Å². The highest BCUT2D eigenvalue weighted by atomic mass is 32.1. The predicted octanol–water partition coefficient (Wildman–Crippen LogP) is 5.75. The summed E-state index contributed by atoms with van der Waals surface area (Å²) in [5, 5.41) is 5.58. The lowest BCUT2D eigenvalue weighted by atomic mass is 10.1. The molecule has 0 aliphatic rings. The fourth-order valence-electron chi connectivity index (χ4n) is 3.65. The van der Waals surface area contributed by atoms with E-state index < -0.39 is 11.6 Å². The zero-order valence-electron chi connectivity index (χ0n) is 16.8. The van der Waals surface area contributed by atoms with Crippen molar-refractivity contribution in [2.24, 2.45) is 0 Å². The second-order valence-electron chi connectivity index (χ2n) is 7.04. The molecule has 4 rings (SSSR count). The van der Waals surface area contributed by atoms with Crippen LogP contribution in [-0.4, -0.2) is 22.4 Å². The van der Waals surface area contributed by atoms with E-state index in [4.69, 9.17) is 4.74 Å². The molecule has 0 aliphatic carbocycles. The lowest BCUT2D eigenvalue weighted by Crippen LogP contribution is -2.07. The third-order valence-corrected chi connectivity index (χ3v) is 6.05. The fraction of sp³-hybridized carbons (Fsp3) is 0.217. The second kappa shape index (κ2) is 7.99. The molecular weight excluding hydrogens is 406 g/mol. The van der Waals surface area contributed by atoms with Gasteiger partial charge in [-0.2, -0.15) is 5.10 Å². The summed E-state index contributed by atoms with van der Waals surface area (Å²) in [6.45, 7) is 5.70. The quantitative estimate of drug-likeness (QED) is 0.382. The SMILES string of the molecule is CCOC(=O)c1c(C)nn(-c2cccc3cc(Cc4cc(F)cc(F)c4)sc23)c1C. The number of aromatic nitrogens is 2. The van der Waals surface area contributed by atoms with Crippen molar-refractivity contribution < 1.29 is 18.3 Å². The number of aryl methyl sites for hydroxylation is 1. The van der Waals surface area contributed by atoms with Crippen LogP contribution < -0.4 is 0 Å². The Balaban J connectivity index is 1.76. The molecule has 0 atom stereocenters. The van der Waals surface area contributed by atoms with Crippen molar-refractivity contribution in [1.82, 2.24) is 9.78 Å². The number of rotatable bonds is 5. The summed E-state index contributed by atoms with van der Waals surface area (Å²) in [4.78, 5) is 13.3. The summed E-state index contributed by atoms with van der Waals surface area (Å²) in [6.07, 6.45) is 0.429. The zero-order chi connectivity index (χ0) is 21.4. The number of nitrogens with zero attached hydrogens (tertiary/aromatic N) is 2. The molecule has 7 heteroatoms. The van der Waals surface area contributed by atoms with E-state index in [1.807, 2.05) is 31.2 Å². The van der Waals surface area contributed by atoms with E-state index in [1.54, 1.807) is 29.9 Å². The smallest absolute Gasteiger partial charge is 0.341 e. The molecule has 0 aliphatic heterocycles. The molecule has 2 aromatic heterocycles. The molecule has 2 aromatic carbocycles. The summed E-state index contributed by atoms with van der Waals surface area (Å²) in [5.74, 6) is -1.55. The van der Waals surface area contributed by atoms with E-state index in [0.29, 0.717) is 35.5 Å². The van der Waals surface area contributed by atoms with Crippen LogP contribution in [0.5, 0.6) is 0 Å². The van der Waals surface area contributed by atoms with E-state index in [-0.39, 0.29) is 5.97 Å². The zero-order valence-corrected chi connectivity index (χ0v) is 17.6. The van der Waals surface area contributed by atoms with E-state index in [0.717, 1.165) is 26.7 Å². The average Bonchev–Trinajstić information content (AvgIpc) is 3.20. The molecular formula is C23H20F2N2O2S. The maximum Gasteiger partial charge on any atom is 0.341 e. The first-order valence-electron chi connectivity index (χ1n) is 9.57. The third-order valence-electron chi connectivity index (χ3n) is 4.87. The van der Waals surface area contributed by atoms with Crippen molar-refractivity contribution in [3.05, 3.63) is 81.5 Å². The Labute approximate surface area is 176 Å². The number of carbonyl (C=O) groups excluding carboxylic acids is 1. The van der Waals surface area contributed by atoms with Crippen molar-refractivity contribution in [3.8, 4) is 5.69 Å². The molecule has 0 saturated heterocycles. The third kappa shape index (κ3) is 3.73. The number of hydrogen-bond donors (Lipinski definition) is 0. The van der Waals surface area contributed by atoms with Gasteiger partial charge in [0.05, 0.1) is 28.4 Å². The summed E-state index contributed by atoms with van der Waals surface area (Å²) >= 11 is 1.55. The lowest BCUT2D eigenvalue weighted by molar-refractivity contribution is 0.0524. The van der Waals surface area contributed by atoms with Crippen LogP contribution in [0.3, 0.4) is 0 Å². The Kier molecular flexibility index (Phi) is 5.39. The fourth-order valence-corrected chi connectivity index (χ4v) is 4.84. The summed E-state index contributed by atoms with van der Waals surface area (Å²) in [5.41, 5.74) is 3.22. The number of benzene rings is 2. The molecule has 0 N–H and O–H groups in total. The van der Waals surface area contributed by atoms with Gasteiger partial charge in [-0.25, -0.2) is 18.3 Å². The Hall–Kier alpha value is -3.06. The second-order valence-corrected chi connectivity index (χ2v) is 8.18. The van der Waals surface area contributed by atoms with Gasteiger partial charge >= 0.3 is 5.97 Å². The van der Waals surface area contributed by atoms with Crippen LogP contribution in [0, 0.1) is 25.5 Å². The van der Waals surface area contributed by atoms with E-state index in [2.05, 4.69) is 5.10 Å². The van der Waals surface area contributed by atoms with E-state index >= 15 is 0 Å². The number of fused-ring (bicyclic) bond motifs is 1. The first-order chi connectivity index (χ1) is 14.4. The molecule has 0 fully saturated rings. The molecule has 0 radical (unpaired) electrons. The van der Waals surface area contributed by atoms with E-state index in [9.17, 15) is 13.6 Å². The topological polar surface area (TPSA) is 44.1 Å². The van der Waals surface area contributed by atoms with Crippen LogP contribution in [0.4, 0.5) is 8.78 Å². The van der Waals surface area contributed by atoms with Gasteiger partial charge in [0.2, 0.25) is 0 Å². The maximum atomic E-state index is 13.5. The molecule has 4 nitrogen and oxygen atoms in total. The first-order valence-corrected chi connectivity index (χ1v) is 10.4. The Morgan fingerprint density at radius 3 is 2.57 bits per heavy atom. The predicted molar refractivity (Wildman–Crippen MR) is 114 cm³/mol. The summed E-state index contributed by atoms with van der Waals surface area (Å²) < 4.78 is 35.0. The van der Waals surface area contributed by atoms with Gasteiger partial charge in [0.15, 0.2) is 0 Å². The molecule has 0 spiro atoms. The lowest BCUT2D eigenvalue weighted by Gasteiger charge is -2.07. The maximum absolute atomic E-state index is 13.5. The van der Waals surface area contributed by atoms with Gasteiger partial charge in [-0.05, 0) is 56.0 Å². The number of esters is 1. The van der Waals surface area contributed by atoms with Crippen molar-refractivity contribution >= 4 is 27.4 Å². The number of carbonyl (C=O) groups is 1. The number of thiophene rings is 1. The number of hydrogen-bond acceptors (Lipinski definition) is 4. The normalized spacial score (nSPS) is 11.2. The Morgan fingerprint density at radius 1 is 1.13 bits per heavy atom. The highest BCUT2D eigenvalue weighted by Gasteiger charge is 2.21. The molecule has 0 unspecified atom stereocenters. The van der Waals surface area contributed by atoms with Crippen LogP contribution in [0.15, 0.2) is 42.5 Å². The minimum Gasteiger partial charge on any atom is -0.462 e. The average molecular weight is 426 g/mol. The molecule has 0 amide bonds. The molecule has 2 heterocycles. The number of ether oxygens (including phenoxy) is 1. The van der Waals surface area contributed by atoms with Crippen molar-refractivity contribution in [2.45, 2.75) is 27.2 Å². The standard InChI is InChI=1S/C23H20F2N2O2S/c1-4-29-23(28)21-13(2)26-27(14(21)3)20-7-5-6-16-11-19(30-22(16)20)10-15-8-17(24)12-18(25)9-15/h5-9,11-12H,4,10H2,1-3H3. The van der Waals surface area contributed by atoms with Gasteiger partial charge in [0.25, 0.3) is 0 Å². The van der Waals surface area contributed by atoms with Gasteiger partial charge in [-0.15, -0.1) is 11.3 Å². The van der Waals surface area contributed by atoms with E-state index in [1.165, 1.54) is 12.1 Å². The molecule has 0 bridgehead atoms. The van der Waals surface area contributed by atoms with Crippen LogP contribution >= 0.6 is 11.3 Å². The van der Waals surface area contributed by atoms with Gasteiger partial charge in [0, 0.05) is 17.4 Å². The first kappa shape index (κ1) is 20.2. The van der Waals surface area contributed by atoms with Gasteiger partial charge in [-0.1, -0.05) is 12.1 Å². The van der Waals surface area contributed by atoms with Crippen molar-refractivity contribution in [2.75, 3.05) is 6.61 Å². The molecule has 4 aromatic rings. The summed E-state index contributed by atoms with van der Waals surface area (Å²) in [7, 11) is 0. The van der Waals surface area contributed by atoms with Crippen LogP contribution in [0.1, 0.15) is 39.1 Å². The molecule has 30 heavy (non-hydrogen) atoms. The molecule has 0 saturated carbocycles. The minimum absolute atomic E-state index is 0.299. The van der Waals surface area contributed by atoms with Crippen LogP contribution in [0.25, 0.3) is 15.8 Å². The van der Waals surface area contributed by atoms with Crippen LogP contribution in [0.2, 0.25) is 0 Å². The summed E-state index contributed by atoms with van der Waals surface area (Å²) in [6, 6.07) is 11.4. The van der Waals surface area contributed by atoms with Crippen molar-refractivity contribution in [1.29, 1.82) is 0 Å².